The Kier molecular flexibility index (Phi) is 17.6. The van der Waals surface area contributed by atoms with E-state index in [2.05, 4.69) is 20.8 Å². The van der Waals surface area contributed by atoms with Crippen LogP contribution >= 0.6 is 0 Å². The van der Waals surface area contributed by atoms with Crippen LogP contribution in [-0.4, -0.2) is 17.3 Å². The topological polar surface area (TPSA) is 0 Å². The van der Waals surface area contributed by atoms with E-state index in [1.807, 2.05) is 0 Å². The van der Waals surface area contributed by atoms with Crippen LogP contribution in [0.25, 0.3) is 0 Å². The van der Waals surface area contributed by atoms with Gasteiger partial charge in [0.1, 0.15) is 17.3 Å². The third-order valence-corrected chi connectivity index (χ3v) is 4.96. The van der Waals surface area contributed by atoms with Crippen molar-refractivity contribution in [3.05, 3.63) is 0 Å². The first-order valence-corrected chi connectivity index (χ1v) is 7.72. The van der Waals surface area contributed by atoms with Crippen molar-refractivity contribution in [3.63, 3.8) is 0 Å². The largest absolute Gasteiger partial charge is 1.00 e. The van der Waals surface area contributed by atoms with Crippen LogP contribution in [-0.2, 0) is 10.9 Å². The fourth-order valence-corrected chi connectivity index (χ4v) is 4.05. The zero-order valence-electron chi connectivity index (χ0n) is 10.2. The van der Waals surface area contributed by atoms with E-state index < -0.39 is 0 Å². The van der Waals surface area contributed by atoms with Gasteiger partial charge in [-0.25, -0.2) is 0 Å². The Morgan fingerprint density at radius 2 is 0.929 bits per heavy atom. The molecule has 0 aromatic heterocycles. The molecule has 0 heterocycles. The molecule has 0 aromatic carbocycles. The normalized spacial score (nSPS) is 10.3. The van der Waals surface area contributed by atoms with Gasteiger partial charge in [-0.2, -0.15) is 0 Å². The van der Waals surface area contributed by atoms with Crippen LogP contribution in [0.1, 0.15) is 59.3 Å². The predicted molar refractivity (Wildman–Crippen MR) is 66.7 cm³/mol. The predicted octanol–water partition coefficient (Wildman–Crippen LogP) is 1.01. The van der Waals surface area contributed by atoms with Gasteiger partial charge < -0.3 is 24.0 Å². The van der Waals surface area contributed by atoms with Gasteiger partial charge in [0.15, 0.2) is 0 Å². The molecular formula is C12H27IS. The lowest BCUT2D eigenvalue weighted by Crippen LogP contribution is -3.00. The molecule has 0 aliphatic heterocycles. The van der Waals surface area contributed by atoms with E-state index in [4.69, 9.17) is 0 Å². The van der Waals surface area contributed by atoms with Crippen molar-refractivity contribution in [2.24, 2.45) is 0 Å². The molecule has 0 nitrogen and oxygen atoms in total. The van der Waals surface area contributed by atoms with Gasteiger partial charge in [0.05, 0.1) is 0 Å². The molecule has 88 valence electrons. The monoisotopic (exact) mass is 330 g/mol. The third kappa shape index (κ3) is 11.2. The van der Waals surface area contributed by atoms with Crippen LogP contribution in [0.5, 0.6) is 0 Å². The van der Waals surface area contributed by atoms with Crippen molar-refractivity contribution in [1.29, 1.82) is 0 Å². The average Bonchev–Trinajstić information content (AvgIpc) is 2.17. The molecule has 0 amide bonds. The maximum Gasteiger partial charge on any atom is 0.108 e. The number of hydrogen-bond donors (Lipinski definition) is 0. The fourth-order valence-electron chi connectivity index (χ4n) is 1.35. The summed E-state index contributed by atoms with van der Waals surface area (Å²) in [7, 11) is 0.776. The van der Waals surface area contributed by atoms with E-state index in [9.17, 15) is 0 Å². The van der Waals surface area contributed by atoms with Crippen molar-refractivity contribution < 1.29 is 24.0 Å². The highest BCUT2D eigenvalue weighted by molar-refractivity contribution is 7.96. The molecule has 0 unspecified atom stereocenters. The molecule has 0 radical (unpaired) electrons. The van der Waals surface area contributed by atoms with Crippen LogP contribution in [0.3, 0.4) is 0 Å². The third-order valence-electron chi connectivity index (χ3n) is 2.36. The van der Waals surface area contributed by atoms with Crippen molar-refractivity contribution in [1.82, 2.24) is 0 Å². The molecule has 0 bridgehead atoms. The summed E-state index contributed by atoms with van der Waals surface area (Å²) >= 11 is 0. The van der Waals surface area contributed by atoms with Gasteiger partial charge in [-0.05, 0) is 30.2 Å². The lowest BCUT2D eigenvalue weighted by Gasteiger charge is -2.07. The Labute approximate surface area is 111 Å². The van der Waals surface area contributed by atoms with Crippen LogP contribution < -0.4 is 24.0 Å². The van der Waals surface area contributed by atoms with Crippen LogP contribution in [0.4, 0.5) is 0 Å². The van der Waals surface area contributed by atoms with E-state index in [0.717, 1.165) is 10.9 Å². The standard InChI is InChI=1S/C12H27S.HI/c1-4-7-10-13(11-8-5-2)12-9-6-3;/h4-12H2,1-3H3;1H/q+1;/p-1. The number of hydrogen-bond acceptors (Lipinski definition) is 0. The molecule has 0 spiro atoms. The van der Waals surface area contributed by atoms with Gasteiger partial charge in [-0.15, -0.1) is 0 Å². The van der Waals surface area contributed by atoms with Gasteiger partial charge in [0.25, 0.3) is 0 Å². The zero-order valence-corrected chi connectivity index (χ0v) is 13.1. The Morgan fingerprint density at radius 1 is 0.643 bits per heavy atom. The molecular weight excluding hydrogens is 303 g/mol. The van der Waals surface area contributed by atoms with Crippen molar-refractivity contribution in [2.75, 3.05) is 17.3 Å². The van der Waals surface area contributed by atoms with Gasteiger partial charge in [0, 0.05) is 0 Å². The summed E-state index contributed by atoms with van der Waals surface area (Å²) in [5.41, 5.74) is 0. The Balaban J connectivity index is 0. The van der Waals surface area contributed by atoms with Crippen molar-refractivity contribution in [2.45, 2.75) is 59.3 Å². The summed E-state index contributed by atoms with van der Waals surface area (Å²) in [5.74, 6) is 4.53. The Bertz CT molecular complexity index is 77.3. The number of rotatable bonds is 9. The Morgan fingerprint density at radius 3 is 1.14 bits per heavy atom. The smallest absolute Gasteiger partial charge is 0.108 e. The maximum absolute atomic E-state index is 2.31. The summed E-state index contributed by atoms with van der Waals surface area (Å²) < 4.78 is 0. The lowest BCUT2D eigenvalue weighted by atomic mass is 10.4. The van der Waals surface area contributed by atoms with Gasteiger partial charge in [-0.3, -0.25) is 0 Å². The SMILES string of the molecule is CCCC[S+](CCCC)CCCC.[I-]. The fraction of sp³-hybridized carbons (Fsp3) is 1.00. The van der Waals surface area contributed by atoms with Gasteiger partial charge in [-0.1, -0.05) is 40.0 Å². The molecule has 2 heteroatoms. The minimum Gasteiger partial charge on any atom is -1.00 e. The summed E-state index contributed by atoms with van der Waals surface area (Å²) in [6, 6.07) is 0. The van der Waals surface area contributed by atoms with E-state index in [-0.39, 0.29) is 24.0 Å². The summed E-state index contributed by atoms with van der Waals surface area (Å²) in [6.45, 7) is 6.92. The average molecular weight is 330 g/mol. The van der Waals surface area contributed by atoms with E-state index in [1.54, 1.807) is 0 Å². The van der Waals surface area contributed by atoms with Crippen LogP contribution in [0.15, 0.2) is 0 Å². The minimum absolute atomic E-state index is 0. The second-order valence-corrected chi connectivity index (χ2v) is 6.23. The summed E-state index contributed by atoms with van der Waals surface area (Å²) in [4.78, 5) is 0. The molecule has 0 saturated carbocycles. The first-order valence-electron chi connectivity index (χ1n) is 5.99. The summed E-state index contributed by atoms with van der Waals surface area (Å²) in [6.07, 6.45) is 8.49. The van der Waals surface area contributed by atoms with E-state index >= 15 is 0 Å². The van der Waals surface area contributed by atoms with E-state index in [1.165, 1.54) is 55.8 Å². The number of unbranched alkanes of at least 4 members (excludes halogenated alkanes) is 3. The highest BCUT2D eigenvalue weighted by atomic mass is 127. The van der Waals surface area contributed by atoms with Gasteiger partial charge in [0.2, 0.25) is 0 Å². The first-order chi connectivity index (χ1) is 6.35. The molecule has 0 fully saturated rings. The first kappa shape index (κ1) is 17.5. The van der Waals surface area contributed by atoms with Crippen LogP contribution in [0.2, 0.25) is 0 Å². The highest BCUT2D eigenvalue weighted by Crippen LogP contribution is 2.08. The molecule has 14 heavy (non-hydrogen) atoms. The Hall–Kier alpha value is 1.08. The highest BCUT2D eigenvalue weighted by Gasteiger charge is 2.14. The molecule has 0 aliphatic carbocycles. The van der Waals surface area contributed by atoms with Crippen LogP contribution in [0, 0.1) is 0 Å². The molecule has 0 N–H and O–H groups in total. The summed E-state index contributed by atoms with van der Waals surface area (Å²) in [5, 5.41) is 0. The molecule has 0 aliphatic rings. The van der Waals surface area contributed by atoms with Crippen molar-refractivity contribution >= 4 is 10.9 Å². The molecule has 0 saturated heterocycles. The molecule has 0 atom stereocenters. The minimum atomic E-state index is 0. The second kappa shape index (κ2) is 14.1. The molecule has 0 aromatic rings. The van der Waals surface area contributed by atoms with Gasteiger partial charge >= 0.3 is 0 Å². The zero-order chi connectivity index (χ0) is 9.94. The quantitative estimate of drug-likeness (QED) is 0.437. The van der Waals surface area contributed by atoms with Crippen molar-refractivity contribution in [3.8, 4) is 0 Å². The number of halogens is 1. The van der Waals surface area contributed by atoms with E-state index in [0.29, 0.717) is 0 Å². The molecule has 0 rings (SSSR count). The second-order valence-electron chi connectivity index (χ2n) is 3.79. The lowest BCUT2D eigenvalue weighted by molar-refractivity contribution is -0.00000302. The maximum atomic E-state index is 2.31.